The zero-order valence-corrected chi connectivity index (χ0v) is 18.1. The molecule has 1 amide bonds. The Morgan fingerprint density at radius 2 is 1.71 bits per heavy atom. The molecule has 1 fully saturated rings. The number of fused-ring (bicyclic) bond motifs is 1. The largest absolute Gasteiger partial charge is 0.449 e. The summed E-state index contributed by atoms with van der Waals surface area (Å²) in [6, 6.07) is 19.0. The van der Waals surface area contributed by atoms with Crippen molar-refractivity contribution in [2.45, 2.75) is 19.6 Å². The van der Waals surface area contributed by atoms with Gasteiger partial charge in [-0.15, -0.1) is 0 Å². The van der Waals surface area contributed by atoms with Crippen LogP contribution in [0.3, 0.4) is 0 Å². The lowest BCUT2D eigenvalue weighted by molar-refractivity contribution is -0.141. The molecule has 1 aliphatic heterocycles. The predicted molar refractivity (Wildman–Crippen MR) is 120 cm³/mol. The van der Waals surface area contributed by atoms with E-state index in [0.29, 0.717) is 29.6 Å². The third-order valence-electron chi connectivity index (χ3n) is 5.47. The Bertz CT molecular complexity index is 1080. The van der Waals surface area contributed by atoms with E-state index in [0.717, 1.165) is 19.6 Å². The van der Waals surface area contributed by atoms with Gasteiger partial charge in [-0.1, -0.05) is 60.1 Å². The maximum absolute atomic E-state index is 12.9. The number of para-hydroxylation sites is 1. The fraction of sp³-hybridized carbons (Fsp3) is 0.292. The Labute approximate surface area is 186 Å². The number of rotatable bonds is 5. The first-order chi connectivity index (χ1) is 15.0. The smallest absolute Gasteiger partial charge is 0.339 e. The number of nitrogens with zero attached hydrogens (tertiary/aromatic N) is 3. The van der Waals surface area contributed by atoms with Gasteiger partial charge in [0, 0.05) is 38.1 Å². The van der Waals surface area contributed by atoms with Gasteiger partial charge >= 0.3 is 5.97 Å². The Balaban J connectivity index is 1.36. The molecular weight excluding hydrogens is 414 g/mol. The molecule has 3 aromatic rings. The number of halogens is 1. The number of carbonyl (C=O) groups excluding carboxylic acids is 2. The third-order valence-corrected chi connectivity index (χ3v) is 5.66. The van der Waals surface area contributed by atoms with Crippen LogP contribution in [-0.2, 0) is 16.1 Å². The van der Waals surface area contributed by atoms with Gasteiger partial charge in [-0.25, -0.2) is 9.78 Å². The third kappa shape index (κ3) is 5.03. The van der Waals surface area contributed by atoms with E-state index in [4.69, 9.17) is 16.3 Å². The molecule has 0 radical (unpaired) electrons. The van der Waals surface area contributed by atoms with Crippen molar-refractivity contribution in [2.24, 2.45) is 0 Å². The molecule has 4 rings (SSSR count). The minimum Gasteiger partial charge on any atom is -0.449 e. The van der Waals surface area contributed by atoms with Crippen LogP contribution in [0.5, 0.6) is 0 Å². The van der Waals surface area contributed by atoms with Crippen LogP contribution in [0.1, 0.15) is 22.8 Å². The van der Waals surface area contributed by atoms with E-state index in [2.05, 4.69) is 22.0 Å². The predicted octanol–water partition coefficient (Wildman–Crippen LogP) is 3.78. The number of esters is 1. The summed E-state index contributed by atoms with van der Waals surface area (Å²) >= 11 is 6.06. The summed E-state index contributed by atoms with van der Waals surface area (Å²) in [5.41, 5.74) is 2.17. The quantitative estimate of drug-likeness (QED) is 0.449. The monoisotopic (exact) mass is 437 g/mol. The molecule has 0 aliphatic carbocycles. The molecule has 1 unspecified atom stereocenters. The molecule has 7 heteroatoms. The SMILES string of the molecule is CC(OC(=O)c1cc(Cl)nc2ccccc12)C(=O)N1CCN(Cc2ccccc2)CC1. The molecule has 2 aromatic carbocycles. The Morgan fingerprint density at radius 3 is 2.45 bits per heavy atom. The van der Waals surface area contributed by atoms with Crippen molar-refractivity contribution in [1.82, 2.24) is 14.8 Å². The van der Waals surface area contributed by atoms with Crippen LogP contribution >= 0.6 is 11.6 Å². The zero-order chi connectivity index (χ0) is 21.8. The number of benzene rings is 2. The fourth-order valence-electron chi connectivity index (χ4n) is 3.81. The number of hydrogen-bond acceptors (Lipinski definition) is 5. The summed E-state index contributed by atoms with van der Waals surface area (Å²) in [6.45, 7) is 5.26. The van der Waals surface area contributed by atoms with Crippen molar-refractivity contribution < 1.29 is 14.3 Å². The van der Waals surface area contributed by atoms with Gasteiger partial charge in [0.25, 0.3) is 5.91 Å². The number of ether oxygens (including phenoxy) is 1. The summed E-state index contributed by atoms with van der Waals surface area (Å²) in [5, 5.41) is 0.852. The molecule has 0 bridgehead atoms. The highest BCUT2D eigenvalue weighted by Gasteiger charge is 2.28. The lowest BCUT2D eigenvalue weighted by Gasteiger charge is -2.35. The van der Waals surface area contributed by atoms with Gasteiger partial charge in [0.1, 0.15) is 5.15 Å². The first-order valence-corrected chi connectivity index (χ1v) is 10.7. The van der Waals surface area contributed by atoms with Crippen molar-refractivity contribution in [3.63, 3.8) is 0 Å². The molecule has 2 heterocycles. The standard InChI is InChI=1S/C24H24ClN3O3/c1-17(31-24(30)20-15-22(25)26-21-10-6-5-9-19(20)21)23(29)28-13-11-27(12-14-28)16-18-7-3-2-4-8-18/h2-10,15,17H,11-14,16H2,1H3. The van der Waals surface area contributed by atoms with Gasteiger partial charge in [0.05, 0.1) is 11.1 Å². The second-order valence-electron chi connectivity index (χ2n) is 7.64. The van der Waals surface area contributed by atoms with Crippen molar-refractivity contribution in [1.29, 1.82) is 0 Å². The van der Waals surface area contributed by atoms with Crippen LogP contribution in [0.25, 0.3) is 10.9 Å². The molecule has 1 atom stereocenters. The number of carbonyl (C=O) groups is 2. The van der Waals surface area contributed by atoms with Gasteiger partial charge in [0.15, 0.2) is 6.10 Å². The van der Waals surface area contributed by atoms with E-state index in [1.54, 1.807) is 24.0 Å². The Hall–Kier alpha value is -2.96. The van der Waals surface area contributed by atoms with E-state index >= 15 is 0 Å². The van der Waals surface area contributed by atoms with E-state index in [1.165, 1.54) is 11.6 Å². The Morgan fingerprint density at radius 1 is 1.03 bits per heavy atom. The summed E-state index contributed by atoms with van der Waals surface area (Å²) in [6.07, 6.45) is -0.876. The average molecular weight is 438 g/mol. The molecule has 0 N–H and O–H groups in total. The van der Waals surface area contributed by atoms with Gasteiger partial charge in [0.2, 0.25) is 0 Å². The van der Waals surface area contributed by atoms with Crippen LogP contribution < -0.4 is 0 Å². The van der Waals surface area contributed by atoms with Crippen LogP contribution in [0, 0.1) is 0 Å². The molecular formula is C24H24ClN3O3. The molecule has 1 aliphatic rings. The molecule has 160 valence electrons. The minimum absolute atomic E-state index is 0.183. The van der Waals surface area contributed by atoms with E-state index < -0.39 is 12.1 Å². The van der Waals surface area contributed by atoms with Crippen molar-refractivity contribution >= 4 is 34.4 Å². The molecule has 1 aromatic heterocycles. The highest BCUT2D eigenvalue weighted by atomic mass is 35.5. The van der Waals surface area contributed by atoms with Crippen LogP contribution in [0.15, 0.2) is 60.7 Å². The summed E-state index contributed by atoms with van der Waals surface area (Å²) < 4.78 is 5.51. The molecule has 31 heavy (non-hydrogen) atoms. The van der Waals surface area contributed by atoms with Gasteiger partial charge in [-0.05, 0) is 24.6 Å². The van der Waals surface area contributed by atoms with Crippen molar-refractivity contribution in [3.8, 4) is 0 Å². The maximum atomic E-state index is 12.9. The van der Waals surface area contributed by atoms with Crippen LogP contribution in [0.2, 0.25) is 5.15 Å². The van der Waals surface area contributed by atoms with Gasteiger partial charge < -0.3 is 9.64 Å². The molecule has 6 nitrogen and oxygen atoms in total. The maximum Gasteiger partial charge on any atom is 0.339 e. The zero-order valence-electron chi connectivity index (χ0n) is 17.3. The second kappa shape index (κ2) is 9.45. The first-order valence-electron chi connectivity index (χ1n) is 10.3. The van der Waals surface area contributed by atoms with E-state index in [1.807, 2.05) is 30.3 Å². The summed E-state index contributed by atoms with van der Waals surface area (Å²) in [5.74, 6) is -0.763. The lowest BCUT2D eigenvalue weighted by Crippen LogP contribution is -2.51. The average Bonchev–Trinajstić information content (AvgIpc) is 2.79. The fourth-order valence-corrected chi connectivity index (χ4v) is 4.01. The number of aromatic nitrogens is 1. The normalized spacial score (nSPS) is 15.6. The van der Waals surface area contributed by atoms with Gasteiger partial charge in [-0.2, -0.15) is 0 Å². The number of piperazine rings is 1. The molecule has 0 saturated carbocycles. The second-order valence-corrected chi connectivity index (χ2v) is 8.03. The van der Waals surface area contributed by atoms with Crippen LogP contribution in [-0.4, -0.2) is 58.9 Å². The van der Waals surface area contributed by atoms with Crippen molar-refractivity contribution in [2.75, 3.05) is 26.2 Å². The number of amides is 1. The first kappa shape index (κ1) is 21.3. The molecule has 1 saturated heterocycles. The summed E-state index contributed by atoms with van der Waals surface area (Å²) in [7, 11) is 0. The van der Waals surface area contributed by atoms with E-state index in [9.17, 15) is 9.59 Å². The lowest BCUT2D eigenvalue weighted by atomic mass is 10.1. The number of pyridine rings is 1. The highest BCUT2D eigenvalue weighted by molar-refractivity contribution is 6.30. The summed E-state index contributed by atoms with van der Waals surface area (Å²) in [4.78, 5) is 33.9. The topological polar surface area (TPSA) is 62.7 Å². The highest BCUT2D eigenvalue weighted by Crippen LogP contribution is 2.22. The number of hydrogen-bond donors (Lipinski definition) is 0. The van der Waals surface area contributed by atoms with Crippen molar-refractivity contribution in [3.05, 3.63) is 76.9 Å². The Kier molecular flexibility index (Phi) is 6.49. The van der Waals surface area contributed by atoms with Gasteiger partial charge in [-0.3, -0.25) is 9.69 Å². The van der Waals surface area contributed by atoms with Crippen LogP contribution in [0.4, 0.5) is 0 Å². The minimum atomic E-state index is -0.876. The molecule has 0 spiro atoms. The van der Waals surface area contributed by atoms with E-state index in [-0.39, 0.29) is 11.1 Å².